The number of carbonyl (C=O) groups is 1. The summed E-state index contributed by atoms with van der Waals surface area (Å²) in [5.41, 5.74) is 2.95. The van der Waals surface area contributed by atoms with Gasteiger partial charge >= 0.3 is 5.97 Å². The maximum absolute atomic E-state index is 11.6. The summed E-state index contributed by atoms with van der Waals surface area (Å²) in [6.45, 7) is 2.46. The van der Waals surface area contributed by atoms with Crippen molar-refractivity contribution < 1.29 is 9.53 Å². The van der Waals surface area contributed by atoms with Gasteiger partial charge in [-0.2, -0.15) is 5.10 Å². The molecule has 0 saturated heterocycles. The minimum Gasteiger partial charge on any atom is -0.465 e. The van der Waals surface area contributed by atoms with Gasteiger partial charge < -0.3 is 10.1 Å². The van der Waals surface area contributed by atoms with E-state index >= 15 is 0 Å². The quantitative estimate of drug-likeness (QED) is 0.352. The molecule has 0 aliphatic rings. The highest BCUT2D eigenvalue weighted by atomic mass is 32.1. The molecule has 1 N–H and O–H groups in total. The summed E-state index contributed by atoms with van der Waals surface area (Å²) in [6.07, 6.45) is 2.93. The zero-order valence-corrected chi connectivity index (χ0v) is 17.0. The Kier molecular flexibility index (Phi) is 5.97. The molecule has 7 heteroatoms. The van der Waals surface area contributed by atoms with Gasteiger partial charge in [0.25, 0.3) is 0 Å². The van der Waals surface area contributed by atoms with Gasteiger partial charge in [-0.25, -0.2) is 4.79 Å². The lowest BCUT2D eigenvalue weighted by molar-refractivity contribution is 0.0606. The van der Waals surface area contributed by atoms with Crippen LogP contribution in [0.5, 0.6) is 0 Å². The van der Waals surface area contributed by atoms with Crippen LogP contribution in [0.1, 0.15) is 21.8 Å². The van der Waals surface area contributed by atoms with Crippen molar-refractivity contribution in [2.45, 2.75) is 19.5 Å². The normalized spacial score (nSPS) is 11.1. The van der Waals surface area contributed by atoms with Crippen molar-refractivity contribution in [2.24, 2.45) is 0 Å². The summed E-state index contributed by atoms with van der Waals surface area (Å²) in [7, 11) is 1.39. The number of ether oxygens (including phenoxy) is 1. The maximum Gasteiger partial charge on any atom is 0.348 e. The average molecular weight is 407 g/mol. The van der Waals surface area contributed by atoms with E-state index in [1.54, 1.807) is 6.07 Å². The number of methoxy groups -OCH3 is 1. The van der Waals surface area contributed by atoms with E-state index in [-0.39, 0.29) is 5.97 Å². The first-order valence-corrected chi connectivity index (χ1v) is 10.3. The number of hydrogen-bond donors (Lipinski definition) is 1. The largest absolute Gasteiger partial charge is 0.465 e. The number of nitrogens with zero attached hydrogens (tertiary/aromatic N) is 3. The van der Waals surface area contributed by atoms with Crippen LogP contribution in [0.3, 0.4) is 0 Å². The topological polar surface area (TPSA) is 69.0 Å². The summed E-state index contributed by atoms with van der Waals surface area (Å²) >= 11 is 1.39. The van der Waals surface area contributed by atoms with Crippen LogP contribution in [0, 0.1) is 0 Å². The Morgan fingerprint density at radius 1 is 1.14 bits per heavy atom. The van der Waals surface area contributed by atoms with Gasteiger partial charge in [-0.3, -0.25) is 9.67 Å². The third kappa shape index (κ3) is 4.70. The highest BCUT2D eigenvalue weighted by Crippen LogP contribution is 2.27. The fourth-order valence-corrected chi connectivity index (χ4v) is 3.98. The van der Waals surface area contributed by atoms with E-state index in [1.165, 1.54) is 18.4 Å². The van der Waals surface area contributed by atoms with Crippen LogP contribution in [0.4, 0.5) is 0 Å². The van der Waals surface area contributed by atoms with Gasteiger partial charge in [-0.1, -0.05) is 24.3 Å². The molecule has 0 fully saturated rings. The second kappa shape index (κ2) is 8.98. The number of pyridine rings is 1. The van der Waals surface area contributed by atoms with Gasteiger partial charge in [0.2, 0.25) is 0 Å². The molecule has 0 saturated carbocycles. The van der Waals surface area contributed by atoms with Crippen LogP contribution < -0.4 is 5.32 Å². The molecule has 0 aliphatic carbocycles. The molecule has 4 rings (SSSR count). The molecule has 0 bridgehead atoms. The summed E-state index contributed by atoms with van der Waals surface area (Å²) < 4.78 is 6.69. The lowest BCUT2D eigenvalue weighted by atomic mass is 10.2. The number of aromatic nitrogens is 3. The Balaban J connectivity index is 1.25. The number of carbonyl (C=O) groups excluding carboxylic acids is 1. The third-order valence-corrected chi connectivity index (χ3v) is 5.68. The van der Waals surface area contributed by atoms with Crippen molar-refractivity contribution in [2.75, 3.05) is 13.7 Å². The van der Waals surface area contributed by atoms with Crippen molar-refractivity contribution in [3.63, 3.8) is 0 Å². The second-order valence-electron chi connectivity index (χ2n) is 6.65. The van der Waals surface area contributed by atoms with Gasteiger partial charge in [-0.05, 0) is 43.3 Å². The molecule has 0 unspecified atom stereocenters. The molecule has 4 aromatic rings. The smallest absolute Gasteiger partial charge is 0.348 e. The van der Waals surface area contributed by atoms with Crippen molar-refractivity contribution >= 4 is 28.2 Å². The Morgan fingerprint density at radius 2 is 2.03 bits per heavy atom. The van der Waals surface area contributed by atoms with E-state index in [4.69, 9.17) is 4.74 Å². The predicted molar refractivity (Wildman–Crippen MR) is 115 cm³/mol. The molecule has 0 spiro atoms. The van der Waals surface area contributed by atoms with E-state index in [0.717, 1.165) is 53.2 Å². The zero-order chi connectivity index (χ0) is 20.1. The van der Waals surface area contributed by atoms with Gasteiger partial charge in [0.15, 0.2) is 0 Å². The lowest BCUT2D eigenvalue weighted by Crippen LogP contribution is -2.17. The average Bonchev–Trinajstić information content (AvgIpc) is 3.42. The fourth-order valence-electron chi connectivity index (χ4n) is 3.09. The Labute approximate surface area is 173 Å². The van der Waals surface area contributed by atoms with Gasteiger partial charge in [0, 0.05) is 24.7 Å². The number of benzene rings is 1. The predicted octanol–water partition coefficient (Wildman–Crippen LogP) is 4.13. The minimum absolute atomic E-state index is 0.312. The molecule has 6 nitrogen and oxygen atoms in total. The first kappa shape index (κ1) is 19.3. The van der Waals surface area contributed by atoms with Crippen LogP contribution in [-0.4, -0.2) is 34.4 Å². The van der Waals surface area contributed by atoms with E-state index in [9.17, 15) is 4.79 Å². The van der Waals surface area contributed by atoms with Crippen molar-refractivity contribution in [3.05, 3.63) is 71.4 Å². The monoisotopic (exact) mass is 406 g/mol. The SMILES string of the molecule is COC(=O)c1ccc(-c2ccn(CCCNCc3ccc4ccccc4n3)n2)s1. The van der Waals surface area contributed by atoms with E-state index in [0.29, 0.717) is 4.88 Å². The fraction of sp³-hybridized carbons (Fsp3) is 0.227. The number of thiophene rings is 1. The number of nitrogens with one attached hydrogen (secondary N) is 1. The van der Waals surface area contributed by atoms with Crippen LogP contribution >= 0.6 is 11.3 Å². The number of para-hydroxylation sites is 1. The van der Waals surface area contributed by atoms with Gasteiger partial charge in [0.05, 0.1) is 23.2 Å². The van der Waals surface area contributed by atoms with Crippen LogP contribution in [0.2, 0.25) is 0 Å². The Bertz CT molecular complexity index is 1120. The Hall–Kier alpha value is -3.03. The van der Waals surface area contributed by atoms with Crippen LogP contribution in [0.25, 0.3) is 21.5 Å². The lowest BCUT2D eigenvalue weighted by Gasteiger charge is -2.06. The van der Waals surface area contributed by atoms with Gasteiger partial charge in [0.1, 0.15) is 10.6 Å². The third-order valence-electron chi connectivity index (χ3n) is 4.59. The summed E-state index contributed by atoms with van der Waals surface area (Å²) in [4.78, 5) is 17.8. The number of aryl methyl sites for hydroxylation is 1. The van der Waals surface area contributed by atoms with E-state index in [2.05, 4.69) is 33.6 Å². The molecule has 0 amide bonds. The summed E-state index contributed by atoms with van der Waals surface area (Å²) in [6, 6.07) is 18.0. The molecular weight excluding hydrogens is 384 g/mol. The standard InChI is InChI=1S/C22H22N4O2S/c1-28-22(27)21-10-9-20(29-21)19-11-14-26(25-19)13-4-12-23-15-17-8-7-16-5-2-3-6-18(16)24-17/h2-3,5-11,14,23H,4,12-13,15H2,1H3. The van der Waals surface area contributed by atoms with Crippen LogP contribution in [0.15, 0.2) is 60.8 Å². The molecule has 0 aliphatic heterocycles. The van der Waals surface area contributed by atoms with Crippen molar-refractivity contribution in [1.82, 2.24) is 20.1 Å². The number of fused-ring (bicyclic) bond motifs is 1. The molecule has 3 aromatic heterocycles. The highest BCUT2D eigenvalue weighted by molar-refractivity contribution is 7.17. The van der Waals surface area contributed by atoms with E-state index < -0.39 is 0 Å². The number of rotatable bonds is 8. The zero-order valence-electron chi connectivity index (χ0n) is 16.2. The van der Waals surface area contributed by atoms with Crippen molar-refractivity contribution in [1.29, 1.82) is 0 Å². The molecule has 1 aromatic carbocycles. The van der Waals surface area contributed by atoms with Crippen LogP contribution in [-0.2, 0) is 17.8 Å². The van der Waals surface area contributed by atoms with Gasteiger partial charge in [-0.15, -0.1) is 11.3 Å². The summed E-state index contributed by atoms with van der Waals surface area (Å²) in [5, 5.41) is 9.21. The number of hydrogen-bond acceptors (Lipinski definition) is 6. The molecule has 29 heavy (non-hydrogen) atoms. The van der Waals surface area contributed by atoms with E-state index in [1.807, 2.05) is 41.2 Å². The Morgan fingerprint density at radius 3 is 2.93 bits per heavy atom. The number of esters is 1. The maximum atomic E-state index is 11.6. The molecule has 148 valence electrons. The highest BCUT2D eigenvalue weighted by Gasteiger charge is 2.11. The first-order valence-electron chi connectivity index (χ1n) is 9.50. The molecule has 3 heterocycles. The first-order chi connectivity index (χ1) is 14.2. The summed E-state index contributed by atoms with van der Waals surface area (Å²) in [5.74, 6) is -0.312. The minimum atomic E-state index is -0.312. The molecule has 0 radical (unpaired) electrons. The molecular formula is C22H22N4O2S. The van der Waals surface area contributed by atoms with Crippen molar-refractivity contribution in [3.8, 4) is 10.6 Å². The second-order valence-corrected chi connectivity index (χ2v) is 7.73. The molecule has 0 atom stereocenters.